The summed E-state index contributed by atoms with van der Waals surface area (Å²) in [6.07, 6.45) is 0. The Balaban J connectivity index is 0.000000240. The molecule has 0 spiro atoms. The van der Waals surface area contributed by atoms with Crippen LogP contribution < -0.4 is 9.47 Å². The molecule has 24 heavy (non-hydrogen) atoms. The van der Waals surface area contributed by atoms with Crippen LogP contribution in [0.5, 0.6) is 23.0 Å². The molecule has 0 aliphatic rings. The second-order valence-corrected chi connectivity index (χ2v) is 4.35. The Morgan fingerprint density at radius 3 is 1.21 bits per heavy atom. The lowest BCUT2D eigenvalue weighted by Gasteiger charge is -2.01. The SMILES string of the molecule is O=C(O)COc1ccc(O)cc1.O=C(O)COc1ccc(O)cc1. The third-order valence-corrected chi connectivity index (χ3v) is 2.40. The third kappa shape index (κ3) is 8.13. The number of carboxylic acid groups (broad SMARTS) is 2. The molecule has 2 aromatic carbocycles. The van der Waals surface area contributed by atoms with E-state index < -0.39 is 11.9 Å². The number of hydrogen-bond acceptors (Lipinski definition) is 6. The molecule has 0 saturated carbocycles. The van der Waals surface area contributed by atoms with Gasteiger partial charge < -0.3 is 29.9 Å². The van der Waals surface area contributed by atoms with Gasteiger partial charge in [0.15, 0.2) is 13.2 Å². The van der Waals surface area contributed by atoms with E-state index in [0.29, 0.717) is 11.5 Å². The van der Waals surface area contributed by atoms with Gasteiger partial charge in [0.05, 0.1) is 0 Å². The minimum atomic E-state index is -1.02. The van der Waals surface area contributed by atoms with E-state index >= 15 is 0 Å². The van der Waals surface area contributed by atoms with Crippen molar-refractivity contribution in [1.29, 1.82) is 0 Å². The van der Waals surface area contributed by atoms with Gasteiger partial charge in [0.25, 0.3) is 0 Å². The fourth-order valence-electron chi connectivity index (χ4n) is 1.37. The fourth-order valence-corrected chi connectivity index (χ4v) is 1.37. The maximum Gasteiger partial charge on any atom is 0.341 e. The van der Waals surface area contributed by atoms with Crippen LogP contribution in [0.25, 0.3) is 0 Å². The molecule has 0 radical (unpaired) electrons. The van der Waals surface area contributed by atoms with Gasteiger partial charge in [-0.3, -0.25) is 0 Å². The molecule has 128 valence electrons. The number of hydrogen-bond donors (Lipinski definition) is 4. The Hall–Kier alpha value is -3.42. The number of phenols is 2. The van der Waals surface area contributed by atoms with E-state index in [4.69, 9.17) is 29.9 Å². The summed E-state index contributed by atoms with van der Waals surface area (Å²) in [5, 5.41) is 34.2. The van der Waals surface area contributed by atoms with Crippen LogP contribution in [-0.4, -0.2) is 45.6 Å². The summed E-state index contributed by atoms with van der Waals surface area (Å²) < 4.78 is 9.62. The predicted octanol–water partition coefficient (Wildman–Crippen LogP) is 1.71. The van der Waals surface area contributed by atoms with Crippen molar-refractivity contribution in [1.82, 2.24) is 0 Å². The summed E-state index contributed by atoms with van der Waals surface area (Å²) in [7, 11) is 0. The van der Waals surface area contributed by atoms with E-state index in [2.05, 4.69) is 0 Å². The molecule has 2 rings (SSSR count). The van der Waals surface area contributed by atoms with Crippen molar-refractivity contribution < 1.29 is 39.5 Å². The fraction of sp³-hybridized carbons (Fsp3) is 0.125. The Morgan fingerprint density at radius 1 is 0.667 bits per heavy atom. The van der Waals surface area contributed by atoms with E-state index in [1.165, 1.54) is 48.5 Å². The van der Waals surface area contributed by atoms with Gasteiger partial charge in [0.2, 0.25) is 0 Å². The molecule has 8 heteroatoms. The normalized spacial score (nSPS) is 9.33. The monoisotopic (exact) mass is 336 g/mol. The highest BCUT2D eigenvalue weighted by Gasteiger charge is 1.98. The molecule has 0 amide bonds. The van der Waals surface area contributed by atoms with Gasteiger partial charge in [-0.1, -0.05) is 0 Å². The molecule has 0 aromatic heterocycles. The zero-order valence-corrected chi connectivity index (χ0v) is 12.5. The lowest BCUT2D eigenvalue weighted by Crippen LogP contribution is -2.09. The largest absolute Gasteiger partial charge is 0.508 e. The van der Waals surface area contributed by atoms with Gasteiger partial charge in [-0.2, -0.15) is 0 Å². The van der Waals surface area contributed by atoms with E-state index in [0.717, 1.165) is 0 Å². The standard InChI is InChI=1S/2C8H8O4/c2*9-6-1-3-7(4-2-6)12-5-8(10)11/h2*1-4,9H,5H2,(H,10,11). The number of carboxylic acids is 2. The molecule has 2 aromatic rings. The van der Waals surface area contributed by atoms with Crippen LogP contribution >= 0.6 is 0 Å². The van der Waals surface area contributed by atoms with Crippen molar-refractivity contribution >= 4 is 11.9 Å². The molecule has 0 atom stereocenters. The highest BCUT2D eigenvalue weighted by Crippen LogP contribution is 2.16. The van der Waals surface area contributed by atoms with Crippen LogP contribution in [0, 0.1) is 0 Å². The Labute approximate surface area is 137 Å². The second kappa shape index (κ2) is 9.57. The number of aliphatic carboxylic acids is 2. The van der Waals surface area contributed by atoms with Crippen molar-refractivity contribution in [3.63, 3.8) is 0 Å². The molecule has 0 bridgehead atoms. The summed E-state index contributed by atoms with van der Waals surface area (Å²) in [6, 6.07) is 11.7. The van der Waals surface area contributed by atoms with Crippen molar-refractivity contribution in [2.24, 2.45) is 0 Å². The predicted molar refractivity (Wildman–Crippen MR) is 82.5 cm³/mol. The number of benzene rings is 2. The van der Waals surface area contributed by atoms with Crippen LogP contribution in [-0.2, 0) is 9.59 Å². The summed E-state index contributed by atoms with van der Waals surface area (Å²) in [6.45, 7) is -0.741. The quantitative estimate of drug-likeness (QED) is 0.626. The maximum absolute atomic E-state index is 10.1. The molecule has 0 fully saturated rings. The molecular formula is C16H16O8. The molecule has 8 nitrogen and oxygen atoms in total. The number of aromatic hydroxyl groups is 2. The minimum absolute atomic E-state index is 0.123. The minimum Gasteiger partial charge on any atom is -0.508 e. The number of ether oxygens (including phenoxy) is 2. The summed E-state index contributed by atoms with van der Waals surface area (Å²) in [5.74, 6) is -0.952. The van der Waals surface area contributed by atoms with Crippen molar-refractivity contribution in [3.05, 3.63) is 48.5 Å². The van der Waals surface area contributed by atoms with Gasteiger partial charge in [0.1, 0.15) is 23.0 Å². The molecule has 0 unspecified atom stereocenters. The summed E-state index contributed by atoms with van der Waals surface area (Å²) in [5.41, 5.74) is 0. The summed E-state index contributed by atoms with van der Waals surface area (Å²) in [4.78, 5) is 20.1. The average molecular weight is 336 g/mol. The zero-order chi connectivity index (χ0) is 17.9. The van der Waals surface area contributed by atoms with Crippen LogP contribution in [0.2, 0.25) is 0 Å². The Kier molecular flexibility index (Phi) is 7.43. The van der Waals surface area contributed by atoms with Crippen molar-refractivity contribution in [2.75, 3.05) is 13.2 Å². The molecule has 0 aliphatic carbocycles. The van der Waals surface area contributed by atoms with E-state index in [1.54, 1.807) is 0 Å². The average Bonchev–Trinajstić information content (AvgIpc) is 2.54. The van der Waals surface area contributed by atoms with Gasteiger partial charge in [-0.15, -0.1) is 0 Å². The van der Waals surface area contributed by atoms with Gasteiger partial charge in [0, 0.05) is 0 Å². The summed E-state index contributed by atoms with van der Waals surface area (Å²) >= 11 is 0. The zero-order valence-electron chi connectivity index (χ0n) is 12.5. The van der Waals surface area contributed by atoms with Gasteiger partial charge in [-0.25, -0.2) is 9.59 Å². The first-order valence-electron chi connectivity index (χ1n) is 6.64. The topological polar surface area (TPSA) is 134 Å². The number of carbonyl (C=O) groups is 2. The highest BCUT2D eigenvalue weighted by molar-refractivity contribution is 5.68. The van der Waals surface area contributed by atoms with Crippen LogP contribution in [0.15, 0.2) is 48.5 Å². The van der Waals surface area contributed by atoms with Crippen LogP contribution in [0.3, 0.4) is 0 Å². The van der Waals surface area contributed by atoms with Crippen molar-refractivity contribution in [2.45, 2.75) is 0 Å². The second-order valence-electron chi connectivity index (χ2n) is 4.35. The Morgan fingerprint density at radius 2 is 0.958 bits per heavy atom. The molecule has 0 aliphatic heterocycles. The first-order chi connectivity index (χ1) is 11.4. The lowest BCUT2D eigenvalue weighted by atomic mass is 10.3. The Bertz CT molecular complexity index is 589. The van der Waals surface area contributed by atoms with E-state index in [-0.39, 0.29) is 24.7 Å². The smallest absolute Gasteiger partial charge is 0.341 e. The van der Waals surface area contributed by atoms with E-state index in [9.17, 15) is 9.59 Å². The maximum atomic E-state index is 10.1. The molecule has 4 N–H and O–H groups in total. The molecule has 0 heterocycles. The van der Waals surface area contributed by atoms with Crippen LogP contribution in [0.4, 0.5) is 0 Å². The number of phenolic OH excluding ortho intramolecular Hbond substituents is 2. The molecule has 0 saturated heterocycles. The number of rotatable bonds is 6. The first kappa shape index (κ1) is 18.6. The molecular weight excluding hydrogens is 320 g/mol. The van der Waals surface area contributed by atoms with E-state index in [1.807, 2.05) is 0 Å². The van der Waals surface area contributed by atoms with Gasteiger partial charge >= 0.3 is 11.9 Å². The first-order valence-corrected chi connectivity index (χ1v) is 6.64. The van der Waals surface area contributed by atoms with Crippen LogP contribution in [0.1, 0.15) is 0 Å². The van der Waals surface area contributed by atoms with Crippen molar-refractivity contribution in [3.8, 4) is 23.0 Å². The lowest BCUT2D eigenvalue weighted by molar-refractivity contribution is -0.140. The van der Waals surface area contributed by atoms with Gasteiger partial charge in [-0.05, 0) is 48.5 Å². The third-order valence-electron chi connectivity index (χ3n) is 2.40. The highest BCUT2D eigenvalue weighted by atomic mass is 16.5.